The first kappa shape index (κ1) is 18.5. The molecule has 1 aromatic carbocycles. The Hall–Kier alpha value is -1.79. The Kier molecular flexibility index (Phi) is 7.34. The Morgan fingerprint density at radius 3 is 2.71 bits per heavy atom. The normalized spacial score (nSPS) is 17.2. The predicted octanol–water partition coefficient (Wildman–Crippen LogP) is 1.64. The van der Waals surface area contributed by atoms with Crippen molar-refractivity contribution in [2.24, 2.45) is 0 Å². The van der Waals surface area contributed by atoms with Crippen molar-refractivity contribution in [2.45, 2.75) is 19.4 Å². The first-order valence-corrected chi connectivity index (χ1v) is 8.41. The predicted molar refractivity (Wildman–Crippen MR) is 92.6 cm³/mol. The summed E-state index contributed by atoms with van der Waals surface area (Å²) in [5.74, 6) is 1.39. The quantitative estimate of drug-likeness (QED) is 0.758. The molecule has 1 heterocycles. The van der Waals surface area contributed by atoms with Crippen molar-refractivity contribution in [3.8, 4) is 11.5 Å². The standard InChI is InChI=1S/C18H28N2O4/c1-15(13-22-2)19-8-5-9-20(11-10-19)18(21)14-24-17-7-4-6-16(12-17)23-3/h4,6-7,12,15H,5,8-11,13-14H2,1-3H3. The fraction of sp³-hybridized carbons (Fsp3) is 0.611. The molecule has 0 bridgehead atoms. The molecule has 1 unspecified atom stereocenters. The van der Waals surface area contributed by atoms with E-state index >= 15 is 0 Å². The SMILES string of the molecule is COCC(C)N1CCCN(C(=O)COc2cccc(OC)c2)CC1. The third kappa shape index (κ3) is 5.39. The second kappa shape index (κ2) is 9.49. The van der Waals surface area contributed by atoms with Crippen LogP contribution in [0.3, 0.4) is 0 Å². The Balaban J connectivity index is 1.82. The van der Waals surface area contributed by atoms with Gasteiger partial charge in [0, 0.05) is 45.4 Å². The molecular formula is C18H28N2O4. The van der Waals surface area contributed by atoms with E-state index in [1.165, 1.54) is 0 Å². The van der Waals surface area contributed by atoms with E-state index in [0.29, 0.717) is 18.4 Å². The molecule has 1 aliphatic rings. The van der Waals surface area contributed by atoms with Gasteiger partial charge in [0.15, 0.2) is 6.61 Å². The van der Waals surface area contributed by atoms with Gasteiger partial charge in [-0.05, 0) is 25.5 Å². The van der Waals surface area contributed by atoms with Crippen LogP contribution < -0.4 is 9.47 Å². The molecule has 1 fully saturated rings. The van der Waals surface area contributed by atoms with Crippen LogP contribution in [-0.4, -0.2) is 75.4 Å². The van der Waals surface area contributed by atoms with Gasteiger partial charge >= 0.3 is 0 Å². The van der Waals surface area contributed by atoms with Gasteiger partial charge in [-0.25, -0.2) is 0 Å². The topological polar surface area (TPSA) is 51.2 Å². The number of methoxy groups -OCH3 is 2. The number of nitrogens with zero attached hydrogens (tertiary/aromatic N) is 2. The van der Waals surface area contributed by atoms with Crippen LogP contribution >= 0.6 is 0 Å². The van der Waals surface area contributed by atoms with Crippen LogP contribution in [-0.2, 0) is 9.53 Å². The summed E-state index contributed by atoms with van der Waals surface area (Å²) in [6, 6.07) is 7.67. The summed E-state index contributed by atoms with van der Waals surface area (Å²) in [5, 5.41) is 0. The van der Waals surface area contributed by atoms with Crippen molar-refractivity contribution in [1.82, 2.24) is 9.80 Å². The molecule has 1 amide bonds. The zero-order valence-electron chi connectivity index (χ0n) is 14.9. The summed E-state index contributed by atoms with van der Waals surface area (Å²) < 4.78 is 16.0. The van der Waals surface area contributed by atoms with Gasteiger partial charge in [0.05, 0.1) is 13.7 Å². The summed E-state index contributed by atoms with van der Waals surface area (Å²) >= 11 is 0. The smallest absolute Gasteiger partial charge is 0.260 e. The number of ether oxygens (including phenoxy) is 3. The molecule has 24 heavy (non-hydrogen) atoms. The maximum absolute atomic E-state index is 12.4. The lowest BCUT2D eigenvalue weighted by Crippen LogP contribution is -2.41. The van der Waals surface area contributed by atoms with Gasteiger partial charge < -0.3 is 19.1 Å². The lowest BCUT2D eigenvalue weighted by Gasteiger charge is -2.27. The van der Waals surface area contributed by atoms with Crippen molar-refractivity contribution in [2.75, 3.05) is 53.6 Å². The van der Waals surface area contributed by atoms with Gasteiger partial charge in [0.25, 0.3) is 5.91 Å². The van der Waals surface area contributed by atoms with Crippen molar-refractivity contribution in [3.63, 3.8) is 0 Å². The third-order valence-electron chi connectivity index (χ3n) is 4.32. The molecule has 0 saturated carbocycles. The number of rotatable bonds is 7. The van der Waals surface area contributed by atoms with E-state index in [9.17, 15) is 4.79 Å². The largest absolute Gasteiger partial charge is 0.497 e. The maximum atomic E-state index is 12.4. The minimum atomic E-state index is 0.0269. The fourth-order valence-electron chi connectivity index (χ4n) is 2.90. The fourth-order valence-corrected chi connectivity index (χ4v) is 2.90. The molecule has 1 atom stereocenters. The minimum Gasteiger partial charge on any atom is -0.497 e. The Morgan fingerprint density at radius 2 is 1.96 bits per heavy atom. The third-order valence-corrected chi connectivity index (χ3v) is 4.32. The lowest BCUT2D eigenvalue weighted by molar-refractivity contribution is -0.133. The van der Waals surface area contributed by atoms with E-state index in [4.69, 9.17) is 14.2 Å². The first-order chi connectivity index (χ1) is 11.6. The van der Waals surface area contributed by atoms with E-state index in [2.05, 4.69) is 11.8 Å². The van der Waals surface area contributed by atoms with Crippen LogP contribution in [0.1, 0.15) is 13.3 Å². The molecule has 6 nitrogen and oxygen atoms in total. The van der Waals surface area contributed by atoms with Crippen molar-refractivity contribution in [3.05, 3.63) is 24.3 Å². The minimum absolute atomic E-state index is 0.0269. The average Bonchev–Trinajstić information content (AvgIpc) is 2.86. The molecular weight excluding hydrogens is 308 g/mol. The van der Waals surface area contributed by atoms with Gasteiger partial charge in [-0.2, -0.15) is 0 Å². The molecule has 134 valence electrons. The highest BCUT2D eigenvalue weighted by atomic mass is 16.5. The Morgan fingerprint density at radius 1 is 1.17 bits per heavy atom. The van der Waals surface area contributed by atoms with Gasteiger partial charge in [0.2, 0.25) is 0 Å². The summed E-state index contributed by atoms with van der Waals surface area (Å²) in [6.07, 6.45) is 0.971. The summed E-state index contributed by atoms with van der Waals surface area (Å²) in [5.41, 5.74) is 0. The van der Waals surface area contributed by atoms with Crippen LogP contribution in [0.15, 0.2) is 24.3 Å². The van der Waals surface area contributed by atoms with Gasteiger partial charge in [-0.1, -0.05) is 6.07 Å². The summed E-state index contributed by atoms with van der Waals surface area (Å²) in [7, 11) is 3.33. The zero-order valence-corrected chi connectivity index (χ0v) is 14.9. The molecule has 2 rings (SSSR count). The van der Waals surface area contributed by atoms with Gasteiger partial charge in [-0.3, -0.25) is 9.69 Å². The van der Waals surface area contributed by atoms with E-state index < -0.39 is 0 Å². The highest BCUT2D eigenvalue weighted by Crippen LogP contribution is 2.19. The number of amides is 1. The van der Waals surface area contributed by atoms with Crippen LogP contribution in [0.2, 0.25) is 0 Å². The molecule has 1 aliphatic heterocycles. The number of benzene rings is 1. The molecule has 1 aromatic rings. The summed E-state index contributed by atoms with van der Waals surface area (Å²) in [6.45, 7) is 6.30. The molecule has 6 heteroatoms. The van der Waals surface area contributed by atoms with Crippen LogP contribution in [0, 0.1) is 0 Å². The van der Waals surface area contributed by atoms with Crippen molar-refractivity contribution < 1.29 is 19.0 Å². The maximum Gasteiger partial charge on any atom is 0.260 e. The monoisotopic (exact) mass is 336 g/mol. The number of carbonyl (C=O) groups excluding carboxylic acids is 1. The molecule has 0 aromatic heterocycles. The second-order valence-electron chi connectivity index (χ2n) is 6.04. The van der Waals surface area contributed by atoms with Gasteiger partial charge in [-0.15, -0.1) is 0 Å². The second-order valence-corrected chi connectivity index (χ2v) is 6.04. The average molecular weight is 336 g/mol. The first-order valence-electron chi connectivity index (χ1n) is 8.41. The number of hydrogen-bond acceptors (Lipinski definition) is 5. The van der Waals surface area contributed by atoms with Crippen LogP contribution in [0.25, 0.3) is 0 Å². The van der Waals surface area contributed by atoms with E-state index in [1.54, 1.807) is 20.3 Å². The Bertz CT molecular complexity index is 523. The molecule has 1 saturated heterocycles. The molecule has 0 N–H and O–H groups in total. The van der Waals surface area contributed by atoms with Crippen LogP contribution in [0.5, 0.6) is 11.5 Å². The zero-order chi connectivity index (χ0) is 17.4. The highest BCUT2D eigenvalue weighted by Gasteiger charge is 2.22. The van der Waals surface area contributed by atoms with E-state index in [-0.39, 0.29) is 12.5 Å². The lowest BCUT2D eigenvalue weighted by atomic mass is 10.3. The number of hydrogen-bond donors (Lipinski definition) is 0. The van der Waals surface area contributed by atoms with Crippen molar-refractivity contribution in [1.29, 1.82) is 0 Å². The van der Waals surface area contributed by atoms with Gasteiger partial charge in [0.1, 0.15) is 11.5 Å². The molecule has 0 radical (unpaired) electrons. The summed E-state index contributed by atoms with van der Waals surface area (Å²) in [4.78, 5) is 16.7. The Labute approximate surface area is 144 Å². The highest BCUT2D eigenvalue weighted by molar-refractivity contribution is 5.77. The molecule has 0 aliphatic carbocycles. The van der Waals surface area contributed by atoms with E-state index in [1.807, 2.05) is 23.1 Å². The van der Waals surface area contributed by atoms with Crippen molar-refractivity contribution >= 4 is 5.91 Å². The molecule has 0 spiro atoms. The number of carbonyl (C=O) groups is 1. The van der Waals surface area contributed by atoms with Crippen LogP contribution in [0.4, 0.5) is 0 Å². The van der Waals surface area contributed by atoms with E-state index in [0.717, 1.165) is 38.3 Å².